The van der Waals surface area contributed by atoms with Crippen LogP contribution >= 0.6 is 0 Å². The van der Waals surface area contributed by atoms with Crippen LogP contribution in [-0.2, 0) is 20.4 Å². The maximum atomic E-state index is 12.0. The Morgan fingerprint density at radius 2 is 1.91 bits per heavy atom. The van der Waals surface area contributed by atoms with E-state index in [-0.39, 0.29) is 29.7 Å². The lowest BCUT2D eigenvalue weighted by molar-refractivity contribution is -0.128. The van der Waals surface area contributed by atoms with E-state index < -0.39 is 9.84 Å². The normalized spacial score (nSPS) is 11.4. The summed E-state index contributed by atoms with van der Waals surface area (Å²) in [5.41, 5.74) is 0.748. The van der Waals surface area contributed by atoms with E-state index in [0.29, 0.717) is 5.82 Å². The molecule has 0 spiro atoms. The summed E-state index contributed by atoms with van der Waals surface area (Å²) in [6, 6.07) is 9.12. The minimum absolute atomic E-state index is 0.0242. The van der Waals surface area contributed by atoms with Crippen molar-refractivity contribution in [3.63, 3.8) is 0 Å². The molecule has 2 aromatic rings. The SMILES string of the molecule is CN(C)C(=O)CCS(=O)(=O)Cc1nc(-c2ccccc2)no1. The Hall–Kier alpha value is -2.22. The van der Waals surface area contributed by atoms with Crippen LogP contribution in [-0.4, -0.2) is 49.2 Å². The van der Waals surface area contributed by atoms with Gasteiger partial charge in [-0.05, 0) is 0 Å². The predicted molar refractivity (Wildman–Crippen MR) is 80.5 cm³/mol. The lowest BCUT2D eigenvalue weighted by Crippen LogP contribution is -2.24. The van der Waals surface area contributed by atoms with Crippen LogP contribution in [0.3, 0.4) is 0 Å². The summed E-state index contributed by atoms with van der Waals surface area (Å²) in [4.78, 5) is 16.9. The average molecular weight is 323 g/mol. The molecule has 22 heavy (non-hydrogen) atoms. The molecule has 1 heterocycles. The minimum atomic E-state index is -3.48. The van der Waals surface area contributed by atoms with Crippen molar-refractivity contribution < 1.29 is 17.7 Å². The fourth-order valence-corrected chi connectivity index (χ4v) is 2.87. The lowest BCUT2D eigenvalue weighted by atomic mass is 10.2. The fraction of sp³-hybridized carbons (Fsp3) is 0.357. The van der Waals surface area contributed by atoms with E-state index in [1.165, 1.54) is 4.90 Å². The number of aromatic nitrogens is 2. The summed E-state index contributed by atoms with van der Waals surface area (Å²) in [5, 5.41) is 3.77. The van der Waals surface area contributed by atoms with Gasteiger partial charge in [0.15, 0.2) is 9.84 Å². The van der Waals surface area contributed by atoms with E-state index >= 15 is 0 Å². The maximum Gasteiger partial charge on any atom is 0.242 e. The zero-order valence-electron chi connectivity index (χ0n) is 12.4. The van der Waals surface area contributed by atoms with Crippen LogP contribution in [0.5, 0.6) is 0 Å². The molecule has 118 valence electrons. The Balaban J connectivity index is 2.02. The molecule has 0 saturated carbocycles. The van der Waals surface area contributed by atoms with Crippen LogP contribution < -0.4 is 0 Å². The first-order valence-corrected chi connectivity index (χ1v) is 8.48. The molecular formula is C14H17N3O4S. The molecule has 0 N–H and O–H groups in total. The van der Waals surface area contributed by atoms with Gasteiger partial charge in [0.1, 0.15) is 5.75 Å². The Morgan fingerprint density at radius 3 is 2.55 bits per heavy atom. The predicted octanol–water partition coefficient (Wildman–Crippen LogP) is 1.13. The number of hydrogen-bond acceptors (Lipinski definition) is 6. The summed E-state index contributed by atoms with van der Waals surface area (Å²) < 4.78 is 28.9. The molecule has 0 aliphatic heterocycles. The molecule has 7 nitrogen and oxygen atoms in total. The van der Waals surface area contributed by atoms with Gasteiger partial charge >= 0.3 is 0 Å². The summed E-state index contributed by atoms with van der Waals surface area (Å²) in [5.74, 6) is -0.481. The van der Waals surface area contributed by atoms with Crippen LogP contribution in [0.1, 0.15) is 12.3 Å². The Morgan fingerprint density at radius 1 is 1.23 bits per heavy atom. The summed E-state index contributed by atoms with van der Waals surface area (Å²) in [6.45, 7) is 0. The maximum absolute atomic E-state index is 12.0. The first-order valence-electron chi connectivity index (χ1n) is 6.66. The molecule has 0 atom stereocenters. The standard InChI is InChI=1S/C14H17N3O4S/c1-17(2)13(18)8-9-22(19,20)10-12-15-14(16-21-12)11-6-4-3-5-7-11/h3-7H,8-10H2,1-2H3. The molecule has 8 heteroatoms. The van der Waals surface area contributed by atoms with Gasteiger partial charge in [-0.2, -0.15) is 4.98 Å². The molecule has 1 amide bonds. The molecule has 0 fully saturated rings. The highest BCUT2D eigenvalue weighted by atomic mass is 32.2. The molecule has 1 aromatic carbocycles. The third-order valence-electron chi connectivity index (χ3n) is 2.97. The van der Waals surface area contributed by atoms with Gasteiger partial charge in [-0.1, -0.05) is 35.5 Å². The topological polar surface area (TPSA) is 93.4 Å². The molecule has 0 unspecified atom stereocenters. The summed E-state index contributed by atoms with van der Waals surface area (Å²) >= 11 is 0. The van der Waals surface area contributed by atoms with Crippen molar-refractivity contribution >= 4 is 15.7 Å². The molecule has 0 aliphatic carbocycles. The number of nitrogens with zero attached hydrogens (tertiary/aromatic N) is 3. The number of carbonyl (C=O) groups is 1. The van der Waals surface area contributed by atoms with Gasteiger partial charge in [0, 0.05) is 26.1 Å². The smallest absolute Gasteiger partial charge is 0.242 e. The van der Waals surface area contributed by atoms with Crippen LogP contribution in [0, 0.1) is 0 Å². The summed E-state index contributed by atoms with van der Waals surface area (Å²) in [6.07, 6.45) is -0.0605. The van der Waals surface area contributed by atoms with E-state index in [1.807, 2.05) is 18.2 Å². The second kappa shape index (κ2) is 6.69. The molecule has 0 bridgehead atoms. The van der Waals surface area contributed by atoms with Crippen LogP contribution in [0.2, 0.25) is 0 Å². The van der Waals surface area contributed by atoms with E-state index in [2.05, 4.69) is 10.1 Å². The quantitative estimate of drug-likeness (QED) is 0.791. The number of benzene rings is 1. The van der Waals surface area contributed by atoms with E-state index in [1.54, 1.807) is 26.2 Å². The van der Waals surface area contributed by atoms with Gasteiger partial charge in [-0.3, -0.25) is 4.79 Å². The van der Waals surface area contributed by atoms with E-state index in [4.69, 9.17) is 4.52 Å². The third kappa shape index (κ3) is 4.39. The van der Waals surface area contributed by atoms with Crippen LogP contribution in [0.15, 0.2) is 34.9 Å². The highest BCUT2D eigenvalue weighted by Gasteiger charge is 2.19. The van der Waals surface area contributed by atoms with Gasteiger partial charge in [0.2, 0.25) is 17.6 Å². The second-order valence-electron chi connectivity index (χ2n) is 5.01. The molecule has 1 aromatic heterocycles. The number of carbonyl (C=O) groups excluding carboxylic acids is 1. The van der Waals surface area contributed by atoms with E-state index in [0.717, 1.165) is 5.56 Å². The fourth-order valence-electron chi connectivity index (χ4n) is 1.74. The molecule has 0 saturated heterocycles. The van der Waals surface area contributed by atoms with Crippen molar-refractivity contribution in [1.29, 1.82) is 0 Å². The Kier molecular flexibility index (Phi) is 4.92. The number of hydrogen-bond donors (Lipinski definition) is 0. The molecule has 2 rings (SSSR count). The van der Waals surface area contributed by atoms with Crippen LogP contribution in [0.4, 0.5) is 0 Å². The number of amides is 1. The molecule has 0 aliphatic rings. The lowest BCUT2D eigenvalue weighted by Gasteiger charge is -2.09. The van der Waals surface area contributed by atoms with Gasteiger partial charge in [0.25, 0.3) is 0 Å². The van der Waals surface area contributed by atoms with Crippen molar-refractivity contribution in [2.75, 3.05) is 19.8 Å². The second-order valence-corrected chi connectivity index (χ2v) is 7.19. The van der Waals surface area contributed by atoms with Crippen molar-refractivity contribution in [2.24, 2.45) is 0 Å². The molecular weight excluding hydrogens is 306 g/mol. The monoisotopic (exact) mass is 323 g/mol. The van der Waals surface area contributed by atoms with E-state index in [9.17, 15) is 13.2 Å². The first kappa shape index (κ1) is 16.2. The first-order chi connectivity index (χ1) is 10.4. The Bertz CT molecular complexity index is 738. The number of rotatable bonds is 6. The average Bonchev–Trinajstić information content (AvgIpc) is 2.93. The largest absolute Gasteiger partial charge is 0.349 e. The zero-order chi connectivity index (χ0) is 16.2. The number of sulfone groups is 1. The summed E-state index contributed by atoms with van der Waals surface area (Å²) in [7, 11) is -0.311. The van der Waals surface area contributed by atoms with Gasteiger partial charge in [-0.15, -0.1) is 0 Å². The van der Waals surface area contributed by atoms with Gasteiger partial charge in [-0.25, -0.2) is 8.42 Å². The van der Waals surface area contributed by atoms with Crippen molar-refractivity contribution in [2.45, 2.75) is 12.2 Å². The van der Waals surface area contributed by atoms with Crippen molar-refractivity contribution in [1.82, 2.24) is 15.0 Å². The highest BCUT2D eigenvalue weighted by molar-refractivity contribution is 7.90. The zero-order valence-corrected chi connectivity index (χ0v) is 13.2. The Labute approximate surface area is 128 Å². The minimum Gasteiger partial charge on any atom is -0.349 e. The third-order valence-corrected chi connectivity index (χ3v) is 4.48. The van der Waals surface area contributed by atoms with Crippen molar-refractivity contribution in [3.8, 4) is 11.4 Å². The van der Waals surface area contributed by atoms with Crippen LogP contribution in [0.25, 0.3) is 11.4 Å². The highest BCUT2D eigenvalue weighted by Crippen LogP contribution is 2.16. The van der Waals surface area contributed by atoms with Gasteiger partial charge < -0.3 is 9.42 Å². The van der Waals surface area contributed by atoms with Crippen molar-refractivity contribution in [3.05, 3.63) is 36.2 Å². The van der Waals surface area contributed by atoms with Gasteiger partial charge in [0.05, 0.1) is 5.75 Å². The molecule has 0 radical (unpaired) electrons.